The normalized spacial score (nSPS) is 10.8. The van der Waals surface area contributed by atoms with E-state index in [0.717, 1.165) is 16.4 Å². The molecular formula is C15H16N6OS2. The topological polar surface area (TPSA) is 85.6 Å². The van der Waals surface area contributed by atoms with Crippen molar-refractivity contribution < 1.29 is 4.79 Å². The van der Waals surface area contributed by atoms with Crippen LogP contribution in [0.5, 0.6) is 0 Å². The lowest BCUT2D eigenvalue weighted by molar-refractivity contribution is -0.113. The highest BCUT2D eigenvalue weighted by Crippen LogP contribution is 2.23. The quantitative estimate of drug-likeness (QED) is 0.704. The molecule has 0 unspecified atom stereocenters. The van der Waals surface area contributed by atoms with Gasteiger partial charge in [0.25, 0.3) is 0 Å². The van der Waals surface area contributed by atoms with Crippen molar-refractivity contribution in [3.05, 3.63) is 34.8 Å². The summed E-state index contributed by atoms with van der Waals surface area (Å²) < 4.78 is 1.89. The Hall–Kier alpha value is -2.26. The summed E-state index contributed by atoms with van der Waals surface area (Å²) in [6.07, 6.45) is 0. The minimum absolute atomic E-state index is 0.143. The standard InChI is InChI=1S/C15H16N6OS2/c1-9-4-6-11(7-5-9)13-18-20-15(21(13)3)23-8-12(22)16-14-19-17-10(2)24-14/h4-7H,8H2,1-3H3,(H,16,19,22). The first kappa shape index (κ1) is 16.6. The SMILES string of the molecule is Cc1ccc(-c2nnc(SCC(=O)Nc3nnc(C)s3)n2C)cc1. The number of carbonyl (C=O) groups excluding carboxylic acids is 1. The van der Waals surface area contributed by atoms with E-state index in [1.165, 1.54) is 28.7 Å². The third kappa shape index (κ3) is 3.80. The fourth-order valence-corrected chi connectivity index (χ4v) is 3.35. The van der Waals surface area contributed by atoms with Gasteiger partial charge in [0.1, 0.15) is 5.01 Å². The Labute approximate surface area is 147 Å². The van der Waals surface area contributed by atoms with Crippen LogP contribution in [0.15, 0.2) is 29.4 Å². The molecule has 0 fully saturated rings. The molecular weight excluding hydrogens is 344 g/mol. The molecule has 0 aliphatic heterocycles. The second kappa shape index (κ2) is 7.10. The molecule has 3 aromatic rings. The van der Waals surface area contributed by atoms with Crippen LogP contribution >= 0.6 is 23.1 Å². The molecule has 0 bridgehead atoms. The molecule has 0 spiro atoms. The zero-order valence-electron chi connectivity index (χ0n) is 13.5. The van der Waals surface area contributed by atoms with Gasteiger partial charge in [-0.15, -0.1) is 20.4 Å². The Morgan fingerprint density at radius 3 is 2.58 bits per heavy atom. The Morgan fingerprint density at radius 2 is 1.92 bits per heavy atom. The highest BCUT2D eigenvalue weighted by Gasteiger charge is 2.13. The van der Waals surface area contributed by atoms with Crippen molar-refractivity contribution in [2.24, 2.45) is 7.05 Å². The van der Waals surface area contributed by atoms with E-state index in [9.17, 15) is 4.79 Å². The van der Waals surface area contributed by atoms with Crippen LogP contribution in [-0.2, 0) is 11.8 Å². The van der Waals surface area contributed by atoms with E-state index in [1.807, 2.05) is 49.7 Å². The van der Waals surface area contributed by atoms with E-state index < -0.39 is 0 Å². The van der Waals surface area contributed by atoms with Crippen LogP contribution in [0.2, 0.25) is 0 Å². The Balaban J connectivity index is 1.63. The van der Waals surface area contributed by atoms with E-state index >= 15 is 0 Å². The number of rotatable bonds is 5. The third-order valence-corrected chi connectivity index (χ3v) is 5.02. The van der Waals surface area contributed by atoms with Crippen LogP contribution in [0, 0.1) is 13.8 Å². The maximum atomic E-state index is 12.0. The summed E-state index contributed by atoms with van der Waals surface area (Å²) in [5.41, 5.74) is 2.19. The molecule has 24 heavy (non-hydrogen) atoms. The average molecular weight is 360 g/mol. The summed E-state index contributed by atoms with van der Waals surface area (Å²) in [5, 5.41) is 20.9. The number of carbonyl (C=O) groups is 1. The number of hydrogen-bond donors (Lipinski definition) is 1. The highest BCUT2D eigenvalue weighted by atomic mass is 32.2. The first-order chi connectivity index (χ1) is 11.5. The van der Waals surface area contributed by atoms with E-state index in [4.69, 9.17) is 0 Å². The molecule has 0 aliphatic rings. The maximum absolute atomic E-state index is 12.0. The second-order valence-electron chi connectivity index (χ2n) is 5.19. The van der Waals surface area contributed by atoms with Gasteiger partial charge in [0.05, 0.1) is 5.75 Å². The first-order valence-electron chi connectivity index (χ1n) is 7.22. The molecule has 0 saturated carbocycles. The van der Waals surface area contributed by atoms with Gasteiger partial charge in [-0.3, -0.25) is 10.1 Å². The first-order valence-corrected chi connectivity index (χ1v) is 9.02. The third-order valence-electron chi connectivity index (χ3n) is 3.25. The summed E-state index contributed by atoms with van der Waals surface area (Å²) in [6, 6.07) is 8.10. The van der Waals surface area contributed by atoms with Gasteiger partial charge in [0, 0.05) is 12.6 Å². The minimum atomic E-state index is -0.143. The van der Waals surface area contributed by atoms with Gasteiger partial charge in [0.15, 0.2) is 11.0 Å². The fourth-order valence-electron chi connectivity index (χ4n) is 2.03. The van der Waals surface area contributed by atoms with Crippen LogP contribution in [0.1, 0.15) is 10.6 Å². The number of nitrogens with one attached hydrogen (secondary N) is 1. The van der Waals surface area contributed by atoms with Crippen molar-refractivity contribution in [1.29, 1.82) is 0 Å². The predicted octanol–water partition coefficient (Wildman–Crippen LogP) is 2.68. The largest absolute Gasteiger partial charge is 0.305 e. The van der Waals surface area contributed by atoms with Crippen molar-refractivity contribution in [2.45, 2.75) is 19.0 Å². The summed E-state index contributed by atoms with van der Waals surface area (Å²) in [6.45, 7) is 3.88. The molecule has 0 atom stereocenters. The van der Waals surface area contributed by atoms with Gasteiger partial charge in [0.2, 0.25) is 11.0 Å². The number of hydrogen-bond acceptors (Lipinski definition) is 7. The van der Waals surface area contributed by atoms with Crippen molar-refractivity contribution in [2.75, 3.05) is 11.1 Å². The van der Waals surface area contributed by atoms with Crippen molar-refractivity contribution in [3.63, 3.8) is 0 Å². The number of aromatic nitrogens is 5. The Kier molecular flexibility index (Phi) is 4.91. The van der Waals surface area contributed by atoms with Gasteiger partial charge >= 0.3 is 0 Å². The monoisotopic (exact) mass is 360 g/mol. The molecule has 2 aromatic heterocycles. The lowest BCUT2D eigenvalue weighted by Gasteiger charge is -2.04. The Bertz CT molecular complexity index is 855. The van der Waals surface area contributed by atoms with Crippen LogP contribution in [0.25, 0.3) is 11.4 Å². The Morgan fingerprint density at radius 1 is 1.17 bits per heavy atom. The number of anilines is 1. The summed E-state index contributed by atoms with van der Waals surface area (Å²) >= 11 is 2.68. The van der Waals surface area contributed by atoms with E-state index in [1.54, 1.807) is 0 Å². The zero-order chi connectivity index (χ0) is 17.1. The number of nitrogens with zero attached hydrogens (tertiary/aromatic N) is 5. The van der Waals surface area contributed by atoms with Gasteiger partial charge in [-0.2, -0.15) is 0 Å². The summed E-state index contributed by atoms with van der Waals surface area (Å²) in [5.74, 6) is 0.868. The second-order valence-corrected chi connectivity index (χ2v) is 7.32. The van der Waals surface area contributed by atoms with Crippen LogP contribution < -0.4 is 5.32 Å². The molecule has 0 saturated heterocycles. The van der Waals surface area contributed by atoms with E-state index in [0.29, 0.717) is 10.3 Å². The number of amides is 1. The lowest BCUT2D eigenvalue weighted by atomic mass is 10.1. The summed E-state index contributed by atoms with van der Waals surface area (Å²) in [7, 11) is 1.89. The molecule has 9 heteroatoms. The minimum Gasteiger partial charge on any atom is -0.305 e. The van der Waals surface area contributed by atoms with Crippen molar-refractivity contribution >= 4 is 34.1 Å². The smallest absolute Gasteiger partial charge is 0.236 e. The number of thioether (sulfide) groups is 1. The molecule has 2 heterocycles. The zero-order valence-corrected chi connectivity index (χ0v) is 15.1. The molecule has 1 aromatic carbocycles. The summed E-state index contributed by atoms with van der Waals surface area (Å²) in [4.78, 5) is 12.0. The van der Waals surface area contributed by atoms with Crippen LogP contribution in [0.4, 0.5) is 5.13 Å². The van der Waals surface area contributed by atoms with E-state index in [-0.39, 0.29) is 11.7 Å². The van der Waals surface area contributed by atoms with Crippen molar-refractivity contribution in [3.8, 4) is 11.4 Å². The number of benzene rings is 1. The fraction of sp³-hybridized carbons (Fsp3) is 0.267. The van der Waals surface area contributed by atoms with Gasteiger partial charge in [-0.05, 0) is 13.8 Å². The van der Waals surface area contributed by atoms with Gasteiger partial charge in [-0.1, -0.05) is 52.9 Å². The molecule has 3 rings (SSSR count). The molecule has 0 radical (unpaired) electrons. The number of aryl methyl sites for hydroxylation is 2. The van der Waals surface area contributed by atoms with E-state index in [2.05, 4.69) is 25.7 Å². The van der Waals surface area contributed by atoms with Crippen LogP contribution in [0.3, 0.4) is 0 Å². The molecule has 1 N–H and O–H groups in total. The maximum Gasteiger partial charge on any atom is 0.236 e. The van der Waals surface area contributed by atoms with Gasteiger partial charge < -0.3 is 4.57 Å². The molecule has 1 amide bonds. The molecule has 124 valence electrons. The van der Waals surface area contributed by atoms with Crippen LogP contribution in [-0.4, -0.2) is 36.6 Å². The predicted molar refractivity (Wildman–Crippen MR) is 95.2 cm³/mol. The lowest BCUT2D eigenvalue weighted by Crippen LogP contribution is -2.14. The van der Waals surface area contributed by atoms with Gasteiger partial charge in [-0.25, -0.2) is 0 Å². The molecule has 7 nitrogen and oxygen atoms in total. The average Bonchev–Trinajstić information content (AvgIpc) is 3.12. The van der Waals surface area contributed by atoms with Crippen molar-refractivity contribution in [1.82, 2.24) is 25.0 Å². The molecule has 0 aliphatic carbocycles. The highest BCUT2D eigenvalue weighted by molar-refractivity contribution is 7.99.